The predicted octanol–water partition coefficient (Wildman–Crippen LogP) is 2.54. The molecule has 1 unspecified atom stereocenters. The fourth-order valence-corrected chi connectivity index (χ4v) is 4.14. The Kier molecular flexibility index (Phi) is 9.51. The number of para-hydroxylation sites is 1. The molecule has 2 aromatic rings. The lowest BCUT2D eigenvalue weighted by atomic mass is 10.2. The van der Waals surface area contributed by atoms with E-state index in [-0.39, 0.29) is 35.9 Å². The van der Waals surface area contributed by atoms with E-state index >= 15 is 0 Å². The number of benzene rings is 1. The highest BCUT2D eigenvalue weighted by Crippen LogP contribution is 2.20. The molecule has 0 bridgehead atoms. The minimum absolute atomic E-state index is 0. The van der Waals surface area contributed by atoms with Gasteiger partial charge in [-0.15, -0.1) is 34.2 Å². The number of nitrogens with one attached hydrogen (secondary N) is 1. The molecule has 1 aromatic heterocycles. The van der Waals surface area contributed by atoms with Gasteiger partial charge in [-0.2, -0.15) is 0 Å². The van der Waals surface area contributed by atoms with Crippen LogP contribution in [0, 0.1) is 5.82 Å². The smallest absolute Gasteiger partial charge is 0.194 e. The van der Waals surface area contributed by atoms with Crippen LogP contribution in [0.1, 0.15) is 25.6 Å². The second kappa shape index (κ2) is 12.3. The molecule has 1 aromatic carbocycles. The second-order valence-corrected chi connectivity index (χ2v) is 7.95. The maximum atomic E-state index is 14.2. The number of anilines is 1. The normalized spacial score (nSPS) is 19.2. The number of ether oxygens (including phenoxy) is 1. The van der Waals surface area contributed by atoms with Crippen molar-refractivity contribution in [3.05, 3.63) is 42.2 Å². The number of piperazine rings is 1. The highest BCUT2D eigenvalue weighted by atomic mass is 127. The number of aryl methyl sites for hydroxylation is 1. The molecule has 32 heavy (non-hydrogen) atoms. The predicted molar refractivity (Wildman–Crippen MR) is 134 cm³/mol. The first kappa shape index (κ1) is 24.7. The summed E-state index contributed by atoms with van der Waals surface area (Å²) in [4.78, 5) is 9.25. The molecule has 1 atom stereocenters. The maximum Gasteiger partial charge on any atom is 0.194 e. The summed E-state index contributed by atoms with van der Waals surface area (Å²) in [7, 11) is 0. The third-order valence-electron chi connectivity index (χ3n) is 5.89. The van der Waals surface area contributed by atoms with E-state index in [0.717, 1.165) is 76.9 Å². The molecule has 0 aliphatic carbocycles. The van der Waals surface area contributed by atoms with Gasteiger partial charge in [0, 0.05) is 52.3 Å². The number of aromatic nitrogens is 3. The lowest BCUT2D eigenvalue weighted by Crippen LogP contribution is -2.53. The summed E-state index contributed by atoms with van der Waals surface area (Å²) in [6.07, 6.45) is 5.02. The molecule has 8 nitrogen and oxygen atoms in total. The standard InChI is InChI=1S/C22H32FN7O.HI/c1-2-21-27-26-17-30(21)10-9-24-22(25-16-18-6-5-15-31-18)29-13-11-28(12-14-29)20-8-4-3-7-19(20)23;/h3-4,7-8,17-18H,2,5-6,9-16H2,1H3,(H,24,25);1H. The summed E-state index contributed by atoms with van der Waals surface area (Å²) >= 11 is 0. The highest BCUT2D eigenvalue weighted by Gasteiger charge is 2.22. The molecule has 0 spiro atoms. The number of aliphatic imine (C=N–C) groups is 1. The van der Waals surface area contributed by atoms with Gasteiger partial charge in [0.1, 0.15) is 18.0 Å². The van der Waals surface area contributed by atoms with Gasteiger partial charge < -0.3 is 24.4 Å². The van der Waals surface area contributed by atoms with E-state index in [1.54, 1.807) is 12.4 Å². The Morgan fingerprint density at radius 2 is 2.06 bits per heavy atom. The Bertz CT molecular complexity index is 863. The summed E-state index contributed by atoms with van der Waals surface area (Å²) in [5.74, 6) is 1.72. The molecule has 10 heteroatoms. The molecule has 3 heterocycles. The molecule has 0 radical (unpaired) electrons. The first-order valence-corrected chi connectivity index (χ1v) is 11.3. The van der Waals surface area contributed by atoms with Crippen LogP contribution in [0.15, 0.2) is 35.6 Å². The Balaban J connectivity index is 0.00000289. The summed E-state index contributed by atoms with van der Waals surface area (Å²) < 4.78 is 22.0. The molecule has 2 saturated heterocycles. The van der Waals surface area contributed by atoms with Crippen LogP contribution in [0.5, 0.6) is 0 Å². The first-order valence-electron chi connectivity index (χ1n) is 11.3. The van der Waals surface area contributed by atoms with E-state index in [0.29, 0.717) is 12.2 Å². The van der Waals surface area contributed by atoms with Crippen LogP contribution >= 0.6 is 24.0 Å². The van der Waals surface area contributed by atoms with Crippen LogP contribution in [-0.2, 0) is 17.7 Å². The number of guanidine groups is 1. The first-order chi connectivity index (χ1) is 15.2. The average molecular weight is 557 g/mol. The van der Waals surface area contributed by atoms with Crippen molar-refractivity contribution in [2.75, 3.05) is 50.8 Å². The third kappa shape index (κ3) is 6.31. The molecular weight excluding hydrogens is 524 g/mol. The second-order valence-electron chi connectivity index (χ2n) is 7.95. The molecule has 0 amide bonds. The lowest BCUT2D eigenvalue weighted by Gasteiger charge is -2.38. The monoisotopic (exact) mass is 557 g/mol. The van der Waals surface area contributed by atoms with E-state index in [2.05, 4.69) is 36.8 Å². The SMILES string of the molecule is CCc1nncn1CCNC(=NCC1CCCO1)N1CCN(c2ccccc2F)CC1.I. The largest absolute Gasteiger partial charge is 0.376 e. The number of hydrogen-bond donors (Lipinski definition) is 1. The summed E-state index contributed by atoms with van der Waals surface area (Å²) in [5, 5.41) is 11.7. The van der Waals surface area contributed by atoms with Gasteiger partial charge in [0.25, 0.3) is 0 Å². The van der Waals surface area contributed by atoms with Crippen LogP contribution in [0.25, 0.3) is 0 Å². The molecule has 0 saturated carbocycles. The quantitative estimate of drug-likeness (QED) is 0.321. The van der Waals surface area contributed by atoms with Crippen molar-refractivity contribution in [3.63, 3.8) is 0 Å². The molecule has 4 rings (SSSR count). The van der Waals surface area contributed by atoms with E-state index in [1.165, 1.54) is 6.07 Å². The fraction of sp³-hybridized carbons (Fsp3) is 0.591. The number of nitrogens with zero attached hydrogens (tertiary/aromatic N) is 6. The Morgan fingerprint density at radius 1 is 1.25 bits per heavy atom. The topological polar surface area (TPSA) is 70.8 Å². The van der Waals surface area contributed by atoms with Gasteiger partial charge >= 0.3 is 0 Å². The van der Waals surface area contributed by atoms with Crippen molar-refractivity contribution in [2.24, 2.45) is 4.99 Å². The molecule has 176 valence electrons. The van der Waals surface area contributed by atoms with Crippen LogP contribution in [0.4, 0.5) is 10.1 Å². The van der Waals surface area contributed by atoms with Gasteiger partial charge in [0.15, 0.2) is 5.96 Å². The van der Waals surface area contributed by atoms with Crippen molar-refractivity contribution in [3.8, 4) is 0 Å². The van der Waals surface area contributed by atoms with E-state index in [4.69, 9.17) is 9.73 Å². The van der Waals surface area contributed by atoms with Gasteiger partial charge in [0.05, 0.1) is 18.3 Å². The van der Waals surface area contributed by atoms with Crippen molar-refractivity contribution in [1.82, 2.24) is 25.0 Å². The van der Waals surface area contributed by atoms with Crippen LogP contribution in [0.2, 0.25) is 0 Å². The Hall–Kier alpha value is -1.95. The zero-order valence-electron chi connectivity index (χ0n) is 18.6. The number of hydrogen-bond acceptors (Lipinski definition) is 5. The molecule has 2 aliphatic rings. The van der Waals surface area contributed by atoms with Crippen molar-refractivity contribution >= 4 is 35.6 Å². The summed E-state index contributed by atoms with van der Waals surface area (Å²) in [5.41, 5.74) is 0.674. The number of rotatable bonds is 7. The van der Waals surface area contributed by atoms with Gasteiger partial charge in [-0.25, -0.2) is 4.39 Å². The van der Waals surface area contributed by atoms with Crippen molar-refractivity contribution in [1.29, 1.82) is 0 Å². The zero-order chi connectivity index (χ0) is 21.5. The van der Waals surface area contributed by atoms with Crippen molar-refractivity contribution < 1.29 is 9.13 Å². The Morgan fingerprint density at radius 3 is 2.78 bits per heavy atom. The van der Waals surface area contributed by atoms with Gasteiger partial charge in [-0.3, -0.25) is 4.99 Å². The molecular formula is C22H33FIN7O. The molecule has 2 fully saturated rings. The maximum absolute atomic E-state index is 14.2. The van der Waals surface area contributed by atoms with Crippen LogP contribution in [0.3, 0.4) is 0 Å². The van der Waals surface area contributed by atoms with Crippen molar-refractivity contribution in [2.45, 2.75) is 38.8 Å². The van der Waals surface area contributed by atoms with E-state index in [1.807, 2.05) is 12.1 Å². The lowest BCUT2D eigenvalue weighted by molar-refractivity contribution is 0.117. The van der Waals surface area contributed by atoms with Gasteiger partial charge in [-0.05, 0) is 25.0 Å². The third-order valence-corrected chi connectivity index (χ3v) is 5.89. The minimum Gasteiger partial charge on any atom is -0.376 e. The average Bonchev–Trinajstić information content (AvgIpc) is 3.48. The highest BCUT2D eigenvalue weighted by molar-refractivity contribution is 14.0. The summed E-state index contributed by atoms with van der Waals surface area (Å²) in [6, 6.07) is 6.98. The van der Waals surface area contributed by atoms with Crippen LogP contribution in [-0.4, -0.2) is 77.6 Å². The van der Waals surface area contributed by atoms with E-state index in [9.17, 15) is 4.39 Å². The minimum atomic E-state index is -0.165. The summed E-state index contributed by atoms with van der Waals surface area (Å²) in [6.45, 7) is 8.20. The van der Waals surface area contributed by atoms with Gasteiger partial charge in [0.2, 0.25) is 0 Å². The zero-order valence-corrected chi connectivity index (χ0v) is 21.0. The molecule has 1 N–H and O–H groups in total. The molecule has 2 aliphatic heterocycles. The fourth-order valence-electron chi connectivity index (χ4n) is 4.14. The van der Waals surface area contributed by atoms with E-state index < -0.39 is 0 Å². The van der Waals surface area contributed by atoms with Gasteiger partial charge in [-0.1, -0.05) is 19.1 Å². The Labute approximate surface area is 206 Å². The number of halogens is 2. The van der Waals surface area contributed by atoms with Crippen LogP contribution < -0.4 is 10.2 Å².